The molecular formula is C45H43Cl5Hf. The molecule has 262 valence electrons. The molecule has 0 aromatic heterocycles. The van der Waals surface area contributed by atoms with Crippen LogP contribution in [0.5, 0.6) is 0 Å². The van der Waals surface area contributed by atoms with Gasteiger partial charge in [0.1, 0.15) is 0 Å². The molecule has 6 aromatic carbocycles. The molecular weight excluding hydrogens is 896 g/mol. The van der Waals surface area contributed by atoms with Crippen molar-refractivity contribution in [3.63, 3.8) is 0 Å². The van der Waals surface area contributed by atoms with Crippen molar-refractivity contribution < 1.29 is 23.9 Å². The zero-order valence-electron chi connectivity index (χ0n) is 29.8. The molecule has 6 aromatic rings. The summed E-state index contributed by atoms with van der Waals surface area (Å²) in [5.41, 5.74) is 7.78. The van der Waals surface area contributed by atoms with Crippen molar-refractivity contribution in [3.8, 4) is 0 Å². The van der Waals surface area contributed by atoms with E-state index in [-0.39, 0.29) is 35.6 Å². The molecule has 7 rings (SSSR count). The topological polar surface area (TPSA) is 0 Å². The van der Waals surface area contributed by atoms with Crippen molar-refractivity contribution in [1.29, 1.82) is 0 Å². The van der Waals surface area contributed by atoms with Crippen LogP contribution in [-0.4, -0.2) is 3.26 Å². The summed E-state index contributed by atoms with van der Waals surface area (Å²) >= 11 is 18.9. The van der Waals surface area contributed by atoms with Gasteiger partial charge in [0.25, 0.3) is 0 Å². The molecule has 0 radical (unpaired) electrons. The molecule has 0 aliphatic heterocycles. The summed E-state index contributed by atoms with van der Waals surface area (Å²) in [4.78, 5) is 0. The Labute approximate surface area is 346 Å². The summed E-state index contributed by atoms with van der Waals surface area (Å²) in [6.45, 7) is 13.6. The zero-order chi connectivity index (χ0) is 35.3. The average molecular weight is 940 g/mol. The second-order valence-electron chi connectivity index (χ2n) is 14.3. The molecule has 6 heteroatoms. The monoisotopic (exact) mass is 938 g/mol. The zero-order valence-corrected chi connectivity index (χ0v) is 37.3. The van der Waals surface area contributed by atoms with Crippen molar-refractivity contribution in [1.82, 2.24) is 0 Å². The van der Waals surface area contributed by atoms with Gasteiger partial charge in [0.05, 0.1) is 10.0 Å². The summed E-state index contributed by atoms with van der Waals surface area (Å²) in [5, 5.41) is 6.85. The van der Waals surface area contributed by atoms with Gasteiger partial charge in [0.2, 0.25) is 0 Å². The minimum absolute atomic E-state index is 0. The number of hydrogen-bond donors (Lipinski definition) is 0. The van der Waals surface area contributed by atoms with Crippen LogP contribution >= 0.6 is 59.6 Å². The molecule has 1 aliphatic rings. The van der Waals surface area contributed by atoms with Gasteiger partial charge in [0, 0.05) is 5.02 Å². The summed E-state index contributed by atoms with van der Waals surface area (Å²) in [7, 11) is 0. The molecule has 51 heavy (non-hydrogen) atoms. The molecule has 0 saturated carbocycles. The van der Waals surface area contributed by atoms with E-state index >= 15 is 0 Å². The van der Waals surface area contributed by atoms with Crippen molar-refractivity contribution in [2.24, 2.45) is 0 Å². The molecule has 0 heterocycles. The van der Waals surface area contributed by atoms with Gasteiger partial charge in [0.15, 0.2) is 0 Å². The Morgan fingerprint density at radius 3 is 1.51 bits per heavy atom. The van der Waals surface area contributed by atoms with Crippen molar-refractivity contribution in [2.75, 3.05) is 0 Å². The number of hydrogen-bond acceptors (Lipinski definition) is 0. The fraction of sp³-hybridized carbons (Fsp3) is 0.200. The first kappa shape index (κ1) is 43.0. The van der Waals surface area contributed by atoms with Gasteiger partial charge in [-0.05, 0) is 10.8 Å². The van der Waals surface area contributed by atoms with Crippen LogP contribution in [0, 0.1) is 6.08 Å². The molecule has 0 saturated heterocycles. The number of rotatable bonds is 3. The van der Waals surface area contributed by atoms with Crippen LogP contribution in [-0.2, 0) is 34.7 Å². The minimum atomic E-state index is 0. The molecule has 1 aliphatic carbocycles. The predicted octanol–water partition coefficient (Wildman–Crippen LogP) is 14.7. The van der Waals surface area contributed by atoms with Crippen LogP contribution in [0.2, 0.25) is 15.1 Å². The maximum atomic E-state index is 6.07. The summed E-state index contributed by atoms with van der Waals surface area (Å²) < 4.78 is 1.46. The van der Waals surface area contributed by atoms with E-state index in [1.807, 2.05) is 18.2 Å². The molecule has 0 spiro atoms. The first-order valence-electron chi connectivity index (χ1n) is 16.5. The van der Waals surface area contributed by atoms with Gasteiger partial charge >= 0.3 is 98.9 Å². The summed E-state index contributed by atoms with van der Waals surface area (Å²) in [6, 6.07) is 41.0. The Balaban J connectivity index is 0.000000209. The molecule has 0 unspecified atom stereocenters. The Morgan fingerprint density at radius 1 is 0.627 bits per heavy atom. The Hall–Kier alpha value is -2.36. The summed E-state index contributed by atoms with van der Waals surface area (Å²) in [5.74, 6) is 0. The third kappa shape index (κ3) is 10.8. The van der Waals surface area contributed by atoms with E-state index in [1.54, 1.807) is 6.07 Å². The van der Waals surface area contributed by atoms with Crippen LogP contribution in [0.25, 0.3) is 27.1 Å². The van der Waals surface area contributed by atoms with Crippen LogP contribution in [0.3, 0.4) is 0 Å². The molecule has 0 bridgehead atoms. The normalized spacial score (nSPS) is 12.2. The first-order valence-corrected chi connectivity index (χ1v) is 19.4. The van der Waals surface area contributed by atoms with Crippen molar-refractivity contribution >= 4 is 90.0 Å². The van der Waals surface area contributed by atoms with E-state index in [9.17, 15) is 0 Å². The van der Waals surface area contributed by atoms with E-state index in [0.717, 1.165) is 41.4 Å². The summed E-state index contributed by atoms with van der Waals surface area (Å²) in [6.07, 6.45) is 8.00. The Bertz CT molecular complexity index is 2040. The van der Waals surface area contributed by atoms with Crippen LogP contribution in [0.15, 0.2) is 127 Å². The van der Waals surface area contributed by atoms with Gasteiger partial charge in [-0.1, -0.05) is 124 Å². The van der Waals surface area contributed by atoms with Gasteiger partial charge in [-0.15, -0.1) is 82.3 Å². The van der Waals surface area contributed by atoms with Gasteiger partial charge in [-0.2, -0.15) is 17.7 Å². The van der Waals surface area contributed by atoms with Gasteiger partial charge < -0.3 is 0 Å². The van der Waals surface area contributed by atoms with Crippen LogP contribution in [0.4, 0.5) is 0 Å². The fourth-order valence-electron chi connectivity index (χ4n) is 5.66. The second kappa shape index (κ2) is 18.6. The van der Waals surface area contributed by atoms with Gasteiger partial charge in [-0.3, -0.25) is 0 Å². The third-order valence-corrected chi connectivity index (χ3v) is 11.9. The number of halogens is 5. The Kier molecular flexibility index (Phi) is 15.7. The average Bonchev–Trinajstić information content (AvgIpc) is 3.75. The van der Waals surface area contributed by atoms with Crippen molar-refractivity contribution in [3.05, 3.63) is 176 Å². The van der Waals surface area contributed by atoms with Crippen molar-refractivity contribution in [2.45, 2.75) is 58.8 Å². The maximum absolute atomic E-state index is 6.07. The second-order valence-corrected chi connectivity index (χ2v) is 17.2. The van der Waals surface area contributed by atoms with E-state index in [2.05, 4.69) is 151 Å². The Morgan fingerprint density at radius 2 is 1.10 bits per heavy atom. The first-order chi connectivity index (χ1) is 23.2. The third-order valence-electron chi connectivity index (χ3n) is 8.58. The molecule has 0 N–H and O–H groups in total. The van der Waals surface area contributed by atoms with E-state index < -0.39 is 0 Å². The van der Waals surface area contributed by atoms with E-state index in [0.29, 0.717) is 15.1 Å². The van der Waals surface area contributed by atoms with Gasteiger partial charge in [-0.25, -0.2) is 0 Å². The standard InChI is InChI=1S/C21H25.C13H10.C11H6Cl3.2ClH.Hf/c1-20(2,3)16-7-9-18-14(12-16)11-15-13-17(21(4,5)6)8-10-19(15)18;1-3-7-12(8-4-1)11-13-9-5-2-6-10-13;12-9-6-5-8(10(13)11(9)14)7-3-1-2-4-7;;;/h7-13H,1-6H3;1-10H;1,3,5-6H,2H2;2*1H;/q-1;;-1;;;+2. The quantitative estimate of drug-likeness (QED) is 0.0942. The molecule has 0 amide bonds. The van der Waals surface area contributed by atoms with Crippen LogP contribution in [0.1, 0.15) is 75.8 Å². The van der Waals surface area contributed by atoms with E-state index in [4.69, 9.17) is 34.8 Å². The number of benzene rings is 5. The predicted molar refractivity (Wildman–Crippen MR) is 227 cm³/mol. The molecule has 0 nitrogen and oxygen atoms in total. The number of fused-ring (bicyclic) bond motifs is 3. The number of allylic oxidation sites excluding steroid dienone is 4. The van der Waals surface area contributed by atoms with Crippen LogP contribution < -0.4 is 0 Å². The SMILES string of the molecule is CC(C)(C)c1ccc2c(c1)[cH-]c1cc(C(C)(C)C)ccc12.Cl.Cl.Clc1ccc(C2=[C-]CC=C2)c(Cl)c1Cl.[Hf+2]=[C](c1ccccc1)c1ccccc1. The fourth-order valence-corrected chi connectivity index (χ4v) is 7.49. The van der Waals surface area contributed by atoms with E-state index in [1.165, 1.54) is 47.1 Å². The molecule has 0 fully saturated rings. The molecule has 0 atom stereocenters.